The summed E-state index contributed by atoms with van der Waals surface area (Å²) >= 11 is 1.25. The summed E-state index contributed by atoms with van der Waals surface area (Å²) in [7, 11) is 0. The van der Waals surface area contributed by atoms with Gasteiger partial charge < -0.3 is 14.8 Å². The van der Waals surface area contributed by atoms with Crippen LogP contribution in [0.25, 0.3) is 0 Å². The molecule has 0 aliphatic heterocycles. The molecule has 0 unspecified atom stereocenters. The monoisotopic (exact) mass is 308 g/mol. The van der Waals surface area contributed by atoms with Gasteiger partial charge in [0, 0.05) is 4.88 Å². The number of amides is 2. The summed E-state index contributed by atoms with van der Waals surface area (Å²) in [6.45, 7) is 5.33. The summed E-state index contributed by atoms with van der Waals surface area (Å²) in [5.41, 5.74) is 0.806. The van der Waals surface area contributed by atoms with Gasteiger partial charge in [-0.1, -0.05) is 0 Å². The Kier molecular flexibility index (Phi) is 4.32. The topological polar surface area (TPSA) is 91.6 Å². The quantitative estimate of drug-likeness (QED) is 0.805. The summed E-state index contributed by atoms with van der Waals surface area (Å²) in [5, 5.41) is 14.8. The van der Waals surface area contributed by atoms with E-state index in [0.29, 0.717) is 16.3 Å². The zero-order chi connectivity index (χ0) is 15.6. The van der Waals surface area contributed by atoms with E-state index in [9.17, 15) is 14.7 Å². The number of carboxylic acid groups (broad SMARTS) is 1. The normalized spacial score (nSPS) is 12.0. The van der Waals surface area contributed by atoms with Gasteiger partial charge in [0.25, 0.3) is 0 Å². The second kappa shape index (κ2) is 6.01. The molecule has 0 fully saturated rings. The summed E-state index contributed by atoms with van der Waals surface area (Å²) < 4.78 is 5.20. The maximum Gasteiger partial charge on any atom is 0.338 e. The number of carbonyl (C=O) groups excluding carboxylic acids is 1. The number of furan rings is 1. The third-order valence-corrected chi connectivity index (χ3v) is 4.27. The molecule has 0 saturated carbocycles. The minimum atomic E-state index is -1.05. The first kappa shape index (κ1) is 15.1. The molecule has 2 aromatic rings. The third kappa shape index (κ3) is 3.25. The maximum absolute atomic E-state index is 12.0. The van der Waals surface area contributed by atoms with Gasteiger partial charge in [-0.05, 0) is 38.5 Å². The highest BCUT2D eigenvalue weighted by Crippen LogP contribution is 2.32. The molecular weight excluding hydrogens is 292 g/mol. The SMILES string of the molecule is Cc1sc(NC(=O)N[C@H](C)c2ccco2)c(C(=O)O)c1C. The molecule has 0 aliphatic carbocycles. The fraction of sp³-hybridized carbons (Fsp3) is 0.286. The van der Waals surface area contributed by atoms with Crippen molar-refractivity contribution in [2.75, 3.05) is 5.32 Å². The van der Waals surface area contributed by atoms with Crippen molar-refractivity contribution in [1.29, 1.82) is 0 Å². The Hall–Kier alpha value is -2.28. The van der Waals surface area contributed by atoms with Crippen LogP contribution < -0.4 is 10.6 Å². The Morgan fingerprint density at radius 3 is 2.67 bits per heavy atom. The Balaban J connectivity index is 2.10. The predicted molar refractivity (Wildman–Crippen MR) is 80.0 cm³/mol. The highest BCUT2D eigenvalue weighted by Gasteiger charge is 2.21. The van der Waals surface area contributed by atoms with Crippen LogP contribution in [-0.2, 0) is 0 Å². The molecule has 1 atom stereocenters. The smallest absolute Gasteiger partial charge is 0.338 e. The van der Waals surface area contributed by atoms with Crippen LogP contribution in [-0.4, -0.2) is 17.1 Å². The molecule has 0 aliphatic rings. The van der Waals surface area contributed by atoms with Gasteiger partial charge in [-0.25, -0.2) is 9.59 Å². The van der Waals surface area contributed by atoms with Crippen molar-refractivity contribution >= 4 is 28.3 Å². The molecule has 112 valence electrons. The van der Waals surface area contributed by atoms with Gasteiger partial charge in [0.2, 0.25) is 0 Å². The highest BCUT2D eigenvalue weighted by atomic mass is 32.1. The van der Waals surface area contributed by atoms with Crippen LogP contribution in [0.5, 0.6) is 0 Å². The molecule has 3 N–H and O–H groups in total. The first-order valence-electron chi connectivity index (χ1n) is 6.34. The average Bonchev–Trinajstić information content (AvgIpc) is 2.99. The van der Waals surface area contributed by atoms with Crippen LogP contribution in [0.3, 0.4) is 0 Å². The molecule has 0 saturated heterocycles. The van der Waals surface area contributed by atoms with Gasteiger partial charge in [0.1, 0.15) is 10.8 Å². The molecule has 2 heterocycles. The second-order valence-corrected chi connectivity index (χ2v) is 5.85. The molecule has 0 radical (unpaired) electrons. The molecule has 0 bridgehead atoms. The van der Waals surface area contributed by atoms with Crippen molar-refractivity contribution in [3.63, 3.8) is 0 Å². The van der Waals surface area contributed by atoms with Crippen molar-refractivity contribution in [1.82, 2.24) is 5.32 Å². The standard InChI is InChI=1S/C14H16N2O4S/c1-7-9(3)21-12(11(7)13(17)18)16-14(19)15-8(2)10-5-4-6-20-10/h4-6,8H,1-3H3,(H,17,18)(H2,15,16,19)/t8-/m1/s1. The number of nitrogens with one attached hydrogen (secondary N) is 2. The average molecular weight is 308 g/mol. The lowest BCUT2D eigenvalue weighted by molar-refractivity contribution is 0.0697. The first-order chi connectivity index (χ1) is 9.90. The van der Waals surface area contributed by atoms with E-state index in [2.05, 4.69) is 10.6 Å². The van der Waals surface area contributed by atoms with E-state index in [4.69, 9.17) is 4.42 Å². The van der Waals surface area contributed by atoms with Crippen molar-refractivity contribution in [2.45, 2.75) is 26.8 Å². The Morgan fingerprint density at radius 1 is 1.38 bits per heavy atom. The number of thiophene rings is 1. The number of anilines is 1. The van der Waals surface area contributed by atoms with E-state index in [-0.39, 0.29) is 11.6 Å². The van der Waals surface area contributed by atoms with Gasteiger partial charge in [-0.3, -0.25) is 5.32 Å². The largest absolute Gasteiger partial charge is 0.478 e. The summed E-state index contributed by atoms with van der Waals surface area (Å²) in [6.07, 6.45) is 1.53. The lowest BCUT2D eigenvalue weighted by Gasteiger charge is -2.12. The minimum absolute atomic E-state index is 0.137. The van der Waals surface area contributed by atoms with Gasteiger partial charge in [0.05, 0.1) is 17.9 Å². The van der Waals surface area contributed by atoms with Crippen molar-refractivity contribution in [3.05, 3.63) is 40.2 Å². The number of urea groups is 1. The molecule has 2 amide bonds. The number of carboxylic acids is 1. The summed E-state index contributed by atoms with van der Waals surface area (Å²) in [6, 6.07) is 2.71. The van der Waals surface area contributed by atoms with E-state index in [0.717, 1.165) is 4.88 Å². The first-order valence-corrected chi connectivity index (χ1v) is 7.16. The van der Waals surface area contributed by atoms with Gasteiger partial charge in [-0.2, -0.15) is 0 Å². The lowest BCUT2D eigenvalue weighted by atomic mass is 10.1. The maximum atomic E-state index is 12.0. The molecule has 0 aromatic carbocycles. The van der Waals surface area contributed by atoms with Crippen LogP contribution in [0.4, 0.5) is 9.80 Å². The van der Waals surface area contributed by atoms with Crippen LogP contribution >= 0.6 is 11.3 Å². The van der Waals surface area contributed by atoms with Crippen LogP contribution in [0.2, 0.25) is 0 Å². The minimum Gasteiger partial charge on any atom is -0.478 e. The van der Waals surface area contributed by atoms with Crippen LogP contribution in [0.15, 0.2) is 22.8 Å². The molecule has 2 rings (SSSR count). The van der Waals surface area contributed by atoms with E-state index < -0.39 is 12.0 Å². The van der Waals surface area contributed by atoms with E-state index in [1.54, 1.807) is 26.0 Å². The van der Waals surface area contributed by atoms with Crippen LogP contribution in [0, 0.1) is 13.8 Å². The molecule has 6 nitrogen and oxygen atoms in total. The van der Waals surface area contributed by atoms with Crippen molar-refractivity contribution in [3.8, 4) is 0 Å². The van der Waals surface area contributed by atoms with E-state index in [1.807, 2.05) is 6.92 Å². The van der Waals surface area contributed by atoms with Crippen LogP contribution in [0.1, 0.15) is 39.5 Å². The predicted octanol–water partition coefficient (Wildman–Crippen LogP) is 3.54. The molecule has 2 aromatic heterocycles. The zero-order valence-corrected chi connectivity index (χ0v) is 12.7. The third-order valence-electron chi connectivity index (χ3n) is 3.14. The Labute approximate surface area is 125 Å². The van der Waals surface area contributed by atoms with Gasteiger partial charge in [-0.15, -0.1) is 11.3 Å². The van der Waals surface area contributed by atoms with Crippen molar-refractivity contribution < 1.29 is 19.1 Å². The molecular formula is C14H16N2O4S. The lowest BCUT2D eigenvalue weighted by Crippen LogP contribution is -2.31. The molecule has 21 heavy (non-hydrogen) atoms. The highest BCUT2D eigenvalue weighted by molar-refractivity contribution is 7.16. The molecule has 0 spiro atoms. The fourth-order valence-electron chi connectivity index (χ4n) is 1.92. The second-order valence-electron chi connectivity index (χ2n) is 4.63. The van der Waals surface area contributed by atoms with Crippen molar-refractivity contribution in [2.24, 2.45) is 0 Å². The number of carbonyl (C=O) groups is 2. The number of rotatable bonds is 4. The Morgan fingerprint density at radius 2 is 2.10 bits per heavy atom. The zero-order valence-electron chi connectivity index (χ0n) is 11.9. The van der Waals surface area contributed by atoms with Gasteiger partial charge >= 0.3 is 12.0 Å². The van der Waals surface area contributed by atoms with E-state index >= 15 is 0 Å². The fourth-order valence-corrected chi connectivity index (χ4v) is 2.96. The Bertz CT molecular complexity index is 661. The van der Waals surface area contributed by atoms with E-state index in [1.165, 1.54) is 17.6 Å². The number of aryl methyl sites for hydroxylation is 1. The number of hydrogen-bond acceptors (Lipinski definition) is 4. The summed E-state index contributed by atoms with van der Waals surface area (Å²) in [4.78, 5) is 24.1. The number of aromatic carboxylic acids is 1. The van der Waals surface area contributed by atoms with Gasteiger partial charge in [0.15, 0.2) is 0 Å². The molecule has 7 heteroatoms. The number of hydrogen-bond donors (Lipinski definition) is 3. The summed E-state index contributed by atoms with van der Waals surface area (Å²) in [5.74, 6) is -0.423.